The normalized spacial score (nSPS) is 16.8. The molecule has 2 rings (SSSR count). The van der Waals surface area contributed by atoms with Crippen LogP contribution in [-0.2, 0) is 13.1 Å². The summed E-state index contributed by atoms with van der Waals surface area (Å²) in [6, 6.07) is 1.62. The molecule has 1 aliphatic heterocycles. The highest BCUT2D eigenvalue weighted by Crippen LogP contribution is 2.15. The van der Waals surface area contributed by atoms with Crippen molar-refractivity contribution in [3.8, 4) is 0 Å². The number of fused-ring (bicyclic) bond motifs is 1. The van der Waals surface area contributed by atoms with E-state index in [1.54, 1.807) is 6.07 Å². The van der Waals surface area contributed by atoms with Crippen LogP contribution in [0.15, 0.2) is 10.9 Å². The van der Waals surface area contributed by atoms with Crippen LogP contribution in [0, 0.1) is 0 Å². The van der Waals surface area contributed by atoms with Crippen molar-refractivity contribution in [2.24, 2.45) is 0 Å². The molecule has 0 unspecified atom stereocenters. The van der Waals surface area contributed by atoms with Gasteiger partial charge >= 0.3 is 0 Å². The maximum Gasteiger partial charge on any atom is 0.264 e. The van der Waals surface area contributed by atoms with E-state index in [0.717, 1.165) is 24.3 Å². The minimum Gasteiger partial charge on any atom is -0.296 e. The molecule has 4 nitrogen and oxygen atoms in total. The zero-order valence-corrected chi connectivity index (χ0v) is 6.29. The van der Waals surface area contributed by atoms with Crippen LogP contribution in [0.1, 0.15) is 11.3 Å². The molecular formula is C7H9N3O. The summed E-state index contributed by atoms with van der Waals surface area (Å²) in [4.78, 5) is 12.9. The molecule has 0 radical (unpaired) electrons. The smallest absolute Gasteiger partial charge is 0.264 e. The number of hydrogen-bond donors (Lipinski definition) is 1. The number of nitrogens with one attached hydrogen (secondary N) is 1. The summed E-state index contributed by atoms with van der Waals surface area (Å²) < 4.78 is 0. The highest BCUT2D eigenvalue weighted by atomic mass is 16.1. The van der Waals surface area contributed by atoms with Gasteiger partial charge in [-0.2, -0.15) is 5.10 Å². The Kier molecular flexibility index (Phi) is 1.29. The molecule has 2 heterocycles. The summed E-state index contributed by atoms with van der Waals surface area (Å²) in [7, 11) is 2.01. The van der Waals surface area contributed by atoms with E-state index in [9.17, 15) is 4.79 Å². The monoisotopic (exact) mass is 151 g/mol. The summed E-state index contributed by atoms with van der Waals surface area (Å²) >= 11 is 0. The average Bonchev–Trinajstić information content (AvgIpc) is 2.27. The third kappa shape index (κ3) is 1.05. The molecule has 1 aromatic heterocycles. The molecule has 11 heavy (non-hydrogen) atoms. The molecule has 0 aliphatic carbocycles. The molecule has 1 aliphatic rings. The lowest BCUT2D eigenvalue weighted by Crippen LogP contribution is -2.08. The Bertz CT molecular complexity index is 331. The summed E-state index contributed by atoms with van der Waals surface area (Å²) in [6.45, 7) is 1.68. The second-order valence-corrected chi connectivity index (χ2v) is 2.88. The van der Waals surface area contributed by atoms with Crippen LogP contribution in [-0.4, -0.2) is 22.1 Å². The van der Waals surface area contributed by atoms with Gasteiger partial charge in [0.25, 0.3) is 5.56 Å². The van der Waals surface area contributed by atoms with Crippen LogP contribution in [0.3, 0.4) is 0 Å². The molecule has 0 saturated heterocycles. The molecule has 0 amide bonds. The number of nitrogens with zero attached hydrogens (tertiary/aromatic N) is 2. The Morgan fingerprint density at radius 3 is 3.27 bits per heavy atom. The van der Waals surface area contributed by atoms with Crippen molar-refractivity contribution >= 4 is 0 Å². The lowest BCUT2D eigenvalue weighted by Gasteiger charge is -2.01. The van der Waals surface area contributed by atoms with E-state index in [1.165, 1.54) is 0 Å². The number of aromatic nitrogens is 2. The lowest BCUT2D eigenvalue weighted by molar-refractivity contribution is 0.350. The maximum absolute atomic E-state index is 10.8. The van der Waals surface area contributed by atoms with Crippen molar-refractivity contribution < 1.29 is 0 Å². The van der Waals surface area contributed by atoms with Crippen molar-refractivity contribution in [1.29, 1.82) is 0 Å². The minimum atomic E-state index is -0.112. The van der Waals surface area contributed by atoms with Gasteiger partial charge in [-0.3, -0.25) is 9.69 Å². The Morgan fingerprint density at radius 1 is 1.64 bits per heavy atom. The zero-order chi connectivity index (χ0) is 7.84. The van der Waals surface area contributed by atoms with Crippen LogP contribution < -0.4 is 5.56 Å². The van der Waals surface area contributed by atoms with Crippen LogP contribution in [0.4, 0.5) is 0 Å². The molecule has 0 bridgehead atoms. The Labute approximate surface area is 63.8 Å². The predicted molar refractivity (Wildman–Crippen MR) is 40.0 cm³/mol. The fraction of sp³-hybridized carbons (Fsp3) is 0.429. The Balaban J connectivity index is 2.51. The molecule has 58 valence electrons. The van der Waals surface area contributed by atoms with Gasteiger partial charge in [-0.25, -0.2) is 5.10 Å². The van der Waals surface area contributed by atoms with Crippen molar-refractivity contribution in [1.82, 2.24) is 15.1 Å². The Hall–Kier alpha value is -1.16. The number of rotatable bonds is 0. The topological polar surface area (TPSA) is 49.0 Å². The first-order valence-corrected chi connectivity index (χ1v) is 3.52. The second kappa shape index (κ2) is 2.17. The van der Waals surface area contributed by atoms with E-state index in [2.05, 4.69) is 15.1 Å². The van der Waals surface area contributed by atoms with E-state index < -0.39 is 0 Å². The molecule has 0 spiro atoms. The highest BCUT2D eigenvalue weighted by molar-refractivity contribution is 5.20. The average molecular weight is 151 g/mol. The lowest BCUT2D eigenvalue weighted by atomic mass is 10.2. The highest BCUT2D eigenvalue weighted by Gasteiger charge is 2.16. The van der Waals surface area contributed by atoms with Gasteiger partial charge in [-0.15, -0.1) is 0 Å². The van der Waals surface area contributed by atoms with E-state index >= 15 is 0 Å². The van der Waals surface area contributed by atoms with Gasteiger partial charge in [-0.05, 0) is 12.6 Å². The summed E-state index contributed by atoms with van der Waals surface area (Å²) in [6.07, 6.45) is 0. The van der Waals surface area contributed by atoms with Gasteiger partial charge in [0.05, 0.1) is 5.69 Å². The molecule has 0 aromatic carbocycles. The largest absolute Gasteiger partial charge is 0.296 e. The SMILES string of the molecule is CN1Cc2cc(=O)[nH]nc2C1. The van der Waals surface area contributed by atoms with Crippen molar-refractivity contribution in [2.75, 3.05) is 7.05 Å². The summed E-state index contributed by atoms with van der Waals surface area (Å²) in [5, 5.41) is 6.35. The molecule has 0 atom stereocenters. The summed E-state index contributed by atoms with van der Waals surface area (Å²) in [5.74, 6) is 0. The van der Waals surface area contributed by atoms with Gasteiger partial charge in [0.15, 0.2) is 0 Å². The van der Waals surface area contributed by atoms with Crippen molar-refractivity contribution in [3.63, 3.8) is 0 Å². The van der Waals surface area contributed by atoms with E-state index in [4.69, 9.17) is 0 Å². The number of H-pyrrole nitrogens is 1. The molecule has 4 heteroatoms. The standard InChI is InChI=1S/C7H9N3O/c1-10-3-5-2-7(11)9-8-6(5)4-10/h2H,3-4H2,1H3,(H,9,11). The number of hydrogen-bond acceptors (Lipinski definition) is 3. The molecule has 1 N–H and O–H groups in total. The Morgan fingerprint density at radius 2 is 2.45 bits per heavy atom. The van der Waals surface area contributed by atoms with Crippen molar-refractivity contribution in [3.05, 3.63) is 27.7 Å². The van der Waals surface area contributed by atoms with E-state index in [-0.39, 0.29) is 5.56 Å². The molecule has 0 saturated carbocycles. The second-order valence-electron chi connectivity index (χ2n) is 2.88. The molecular weight excluding hydrogens is 142 g/mol. The van der Waals surface area contributed by atoms with Gasteiger partial charge in [0.2, 0.25) is 0 Å². The predicted octanol–water partition coefficient (Wildman–Crippen LogP) is -0.285. The summed E-state index contributed by atoms with van der Waals surface area (Å²) in [5.41, 5.74) is 1.93. The zero-order valence-electron chi connectivity index (χ0n) is 6.29. The molecule has 1 aromatic rings. The van der Waals surface area contributed by atoms with Crippen LogP contribution in [0.2, 0.25) is 0 Å². The quantitative estimate of drug-likeness (QED) is 0.554. The van der Waals surface area contributed by atoms with Gasteiger partial charge in [0.1, 0.15) is 0 Å². The fourth-order valence-electron chi connectivity index (χ4n) is 1.34. The first-order valence-electron chi connectivity index (χ1n) is 3.52. The van der Waals surface area contributed by atoms with Crippen LogP contribution >= 0.6 is 0 Å². The van der Waals surface area contributed by atoms with Gasteiger partial charge < -0.3 is 0 Å². The molecule has 0 fully saturated rings. The maximum atomic E-state index is 10.8. The van der Waals surface area contributed by atoms with Gasteiger partial charge in [-0.1, -0.05) is 0 Å². The number of aromatic amines is 1. The van der Waals surface area contributed by atoms with E-state index in [0.29, 0.717) is 0 Å². The fourth-order valence-corrected chi connectivity index (χ4v) is 1.34. The minimum absolute atomic E-state index is 0.112. The third-order valence-corrected chi connectivity index (χ3v) is 1.84. The van der Waals surface area contributed by atoms with Crippen molar-refractivity contribution in [2.45, 2.75) is 13.1 Å². The van der Waals surface area contributed by atoms with Crippen LogP contribution in [0.25, 0.3) is 0 Å². The van der Waals surface area contributed by atoms with Gasteiger partial charge in [0, 0.05) is 19.2 Å². The first kappa shape index (κ1) is 6.54. The first-order chi connectivity index (χ1) is 5.25. The third-order valence-electron chi connectivity index (χ3n) is 1.84. The van der Waals surface area contributed by atoms with Crippen LogP contribution in [0.5, 0.6) is 0 Å². The van der Waals surface area contributed by atoms with E-state index in [1.807, 2.05) is 7.05 Å².